The molecule has 4 heteroatoms. The van der Waals surface area contributed by atoms with Gasteiger partial charge in [0.25, 0.3) is 0 Å². The molecular formula is C13H29N3O. The first-order valence-corrected chi connectivity index (χ1v) is 6.76. The first-order valence-electron chi connectivity index (χ1n) is 6.76. The zero-order valence-corrected chi connectivity index (χ0v) is 11.8. The lowest BCUT2D eigenvalue weighted by atomic mass is 10.0. The Morgan fingerprint density at radius 1 is 1.29 bits per heavy atom. The molecule has 0 rings (SSSR count). The Balaban J connectivity index is 3.63. The van der Waals surface area contributed by atoms with Crippen LogP contribution in [0.2, 0.25) is 0 Å². The van der Waals surface area contributed by atoms with Crippen molar-refractivity contribution in [2.24, 2.45) is 11.7 Å². The molecule has 1 unspecified atom stereocenters. The van der Waals surface area contributed by atoms with Crippen LogP contribution in [0, 0.1) is 5.92 Å². The highest BCUT2D eigenvalue weighted by atomic mass is 16.2. The summed E-state index contributed by atoms with van der Waals surface area (Å²) in [5, 5.41) is 2.90. The minimum absolute atomic E-state index is 0.0155. The summed E-state index contributed by atoms with van der Waals surface area (Å²) in [6.07, 6.45) is 1.74. The number of nitrogens with two attached hydrogens (primary N) is 1. The van der Waals surface area contributed by atoms with Crippen molar-refractivity contribution < 1.29 is 4.79 Å². The van der Waals surface area contributed by atoms with Gasteiger partial charge in [0.05, 0.1) is 6.04 Å². The van der Waals surface area contributed by atoms with Crippen molar-refractivity contribution in [3.63, 3.8) is 0 Å². The van der Waals surface area contributed by atoms with E-state index in [2.05, 4.69) is 37.9 Å². The highest BCUT2D eigenvalue weighted by Crippen LogP contribution is 2.02. The topological polar surface area (TPSA) is 58.4 Å². The molecule has 0 saturated carbocycles. The SMILES string of the molecule is CCN(CC)CCCNC(=O)C(N)CC(C)C. The zero-order valence-electron chi connectivity index (χ0n) is 11.8. The summed E-state index contributed by atoms with van der Waals surface area (Å²) >= 11 is 0. The minimum atomic E-state index is -0.358. The van der Waals surface area contributed by atoms with Crippen LogP contribution in [0.25, 0.3) is 0 Å². The van der Waals surface area contributed by atoms with Gasteiger partial charge in [-0.15, -0.1) is 0 Å². The standard InChI is InChI=1S/C13H29N3O/c1-5-16(6-2)9-7-8-15-13(17)12(14)10-11(3)4/h11-12H,5-10,14H2,1-4H3,(H,15,17). The summed E-state index contributed by atoms with van der Waals surface area (Å²) in [5.41, 5.74) is 5.79. The molecule has 0 bridgehead atoms. The number of nitrogens with one attached hydrogen (secondary N) is 1. The minimum Gasteiger partial charge on any atom is -0.355 e. The Morgan fingerprint density at radius 2 is 1.88 bits per heavy atom. The Labute approximate surface area is 106 Å². The van der Waals surface area contributed by atoms with Crippen molar-refractivity contribution in [2.75, 3.05) is 26.2 Å². The molecule has 0 aliphatic carbocycles. The van der Waals surface area contributed by atoms with Crippen LogP contribution in [0.5, 0.6) is 0 Å². The average Bonchev–Trinajstić information content (AvgIpc) is 2.28. The van der Waals surface area contributed by atoms with Gasteiger partial charge in [-0.2, -0.15) is 0 Å². The van der Waals surface area contributed by atoms with Crippen LogP contribution in [-0.4, -0.2) is 43.0 Å². The summed E-state index contributed by atoms with van der Waals surface area (Å²) in [6.45, 7) is 12.4. The van der Waals surface area contributed by atoms with Gasteiger partial charge in [0.15, 0.2) is 0 Å². The third kappa shape index (κ3) is 8.16. The molecule has 17 heavy (non-hydrogen) atoms. The fourth-order valence-corrected chi connectivity index (χ4v) is 1.80. The predicted octanol–water partition coefficient (Wildman–Crippen LogP) is 1.21. The van der Waals surface area contributed by atoms with Gasteiger partial charge in [0, 0.05) is 6.54 Å². The van der Waals surface area contributed by atoms with Crippen LogP contribution < -0.4 is 11.1 Å². The van der Waals surface area contributed by atoms with Gasteiger partial charge < -0.3 is 16.0 Å². The Morgan fingerprint density at radius 3 is 2.35 bits per heavy atom. The Kier molecular flexibility index (Phi) is 9.09. The van der Waals surface area contributed by atoms with Crippen LogP contribution >= 0.6 is 0 Å². The number of hydrogen-bond donors (Lipinski definition) is 2. The lowest BCUT2D eigenvalue weighted by molar-refractivity contribution is -0.122. The first kappa shape index (κ1) is 16.4. The molecule has 0 aliphatic heterocycles. The summed E-state index contributed by atoms with van der Waals surface area (Å²) in [7, 11) is 0. The van der Waals surface area contributed by atoms with Crippen molar-refractivity contribution in [2.45, 2.75) is 46.6 Å². The van der Waals surface area contributed by atoms with Gasteiger partial charge >= 0.3 is 0 Å². The third-order valence-electron chi connectivity index (χ3n) is 2.91. The largest absolute Gasteiger partial charge is 0.355 e. The van der Waals surface area contributed by atoms with E-state index in [4.69, 9.17) is 5.73 Å². The lowest BCUT2D eigenvalue weighted by Gasteiger charge is -2.18. The summed E-state index contributed by atoms with van der Waals surface area (Å²) in [6, 6.07) is -0.358. The van der Waals surface area contributed by atoms with Crippen LogP contribution in [0.4, 0.5) is 0 Å². The monoisotopic (exact) mass is 243 g/mol. The van der Waals surface area contributed by atoms with E-state index in [-0.39, 0.29) is 11.9 Å². The highest BCUT2D eigenvalue weighted by Gasteiger charge is 2.13. The predicted molar refractivity (Wildman–Crippen MR) is 72.8 cm³/mol. The quantitative estimate of drug-likeness (QED) is 0.598. The zero-order chi connectivity index (χ0) is 13.3. The van der Waals surface area contributed by atoms with Crippen LogP contribution in [0.3, 0.4) is 0 Å². The van der Waals surface area contributed by atoms with Gasteiger partial charge in [0.1, 0.15) is 0 Å². The number of carbonyl (C=O) groups excluding carboxylic acids is 1. The number of rotatable bonds is 9. The van der Waals surface area contributed by atoms with E-state index >= 15 is 0 Å². The molecule has 0 saturated heterocycles. The van der Waals surface area contributed by atoms with E-state index in [9.17, 15) is 4.79 Å². The molecule has 3 N–H and O–H groups in total. The maximum atomic E-state index is 11.6. The second kappa shape index (κ2) is 9.42. The maximum absolute atomic E-state index is 11.6. The van der Waals surface area contributed by atoms with E-state index in [1.807, 2.05) is 0 Å². The molecule has 0 aliphatic rings. The van der Waals surface area contributed by atoms with Gasteiger partial charge in [-0.3, -0.25) is 4.79 Å². The molecule has 0 aromatic carbocycles. The van der Waals surface area contributed by atoms with Crippen molar-refractivity contribution in [1.29, 1.82) is 0 Å². The summed E-state index contributed by atoms with van der Waals surface area (Å²) in [5.74, 6) is 0.449. The molecular weight excluding hydrogens is 214 g/mol. The van der Waals surface area contributed by atoms with Crippen LogP contribution in [0.1, 0.15) is 40.5 Å². The summed E-state index contributed by atoms with van der Waals surface area (Å²) < 4.78 is 0. The van der Waals surface area contributed by atoms with E-state index in [1.54, 1.807) is 0 Å². The lowest BCUT2D eigenvalue weighted by Crippen LogP contribution is -2.42. The van der Waals surface area contributed by atoms with E-state index in [0.29, 0.717) is 5.92 Å². The molecule has 4 nitrogen and oxygen atoms in total. The fraction of sp³-hybridized carbons (Fsp3) is 0.923. The molecule has 1 amide bonds. The number of hydrogen-bond acceptors (Lipinski definition) is 3. The smallest absolute Gasteiger partial charge is 0.236 e. The molecule has 1 atom stereocenters. The van der Waals surface area contributed by atoms with Crippen molar-refractivity contribution in [1.82, 2.24) is 10.2 Å². The molecule has 0 fully saturated rings. The highest BCUT2D eigenvalue weighted by molar-refractivity contribution is 5.81. The molecule has 102 valence electrons. The van der Waals surface area contributed by atoms with E-state index < -0.39 is 0 Å². The second-order valence-electron chi connectivity index (χ2n) is 4.91. The van der Waals surface area contributed by atoms with Gasteiger partial charge in [-0.25, -0.2) is 0 Å². The van der Waals surface area contributed by atoms with Gasteiger partial charge in [-0.1, -0.05) is 27.7 Å². The number of nitrogens with zero attached hydrogens (tertiary/aromatic N) is 1. The third-order valence-corrected chi connectivity index (χ3v) is 2.91. The molecule has 0 aromatic rings. The average molecular weight is 243 g/mol. The van der Waals surface area contributed by atoms with Gasteiger partial charge in [-0.05, 0) is 38.4 Å². The van der Waals surface area contributed by atoms with E-state index in [0.717, 1.165) is 39.0 Å². The fourth-order valence-electron chi connectivity index (χ4n) is 1.80. The van der Waals surface area contributed by atoms with E-state index in [1.165, 1.54) is 0 Å². The molecule has 0 heterocycles. The molecule has 0 spiro atoms. The van der Waals surface area contributed by atoms with Gasteiger partial charge in [0.2, 0.25) is 5.91 Å². The number of carbonyl (C=O) groups is 1. The Hall–Kier alpha value is -0.610. The van der Waals surface area contributed by atoms with Crippen molar-refractivity contribution in [3.8, 4) is 0 Å². The summed E-state index contributed by atoms with van der Waals surface area (Å²) in [4.78, 5) is 14.0. The van der Waals surface area contributed by atoms with Crippen molar-refractivity contribution in [3.05, 3.63) is 0 Å². The molecule has 0 aromatic heterocycles. The second-order valence-corrected chi connectivity index (χ2v) is 4.91. The molecule has 0 radical (unpaired) electrons. The van der Waals surface area contributed by atoms with Crippen molar-refractivity contribution >= 4 is 5.91 Å². The Bertz CT molecular complexity index is 203. The maximum Gasteiger partial charge on any atom is 0.236 e. The normalized spacial score (nSPS) is 13.1. The first-order chi connectivity index (χ1) is 8.01. The van der Waals surface area contributed by atoms with Crippen LogP contribution in [-0.2, 0) is 4.79 Å². The number of amides is 1. The van der Waals surface area contributed by atoms with Crippen LogP contribution in [0.15, 0.2) is 0 Å².